The molecule has 2 amide bonds. The molecule has 3 rings (SSSR count). The Hall–Kier alpha value is -1.84. The van der Waals surface area contributed by atoms with Gasteiger partial charge in [0.25, 0.3) is 0 Å². The molecule has 1 saturated carbocycles. The van der Waals surface area contributed by atoms with Crippen molar-refractivity contribution >= 4 is 11.8 Å². The molecule has 1 aliphatic heterocycles. The van der Waals surface area contributed by atoms with Crippen LogP contribution in [0.25, 0.3) is 0 Å². The highest BCUT2D eigenvalue weighted by Gasteiger charge is 2.47. The minimum Gasteiger partial charge on any atom is -0.343 e. The maximum Gasteiger partial charge on any atom is 0.246 e. The summed E-state index contributed by atoms with van der Waals surface area (Å²) in [6.07, 6.45) is 2.74. The van der Waals surface area contributed by atoms with E-state index < -0.39 is 0 Å². The van der Waals surface area contributed by atoms with Gasteiger partial charge in [0.15, 0.2) is 0 Å². The van der Waals surface area contributed by atoms with Crippen molar-refractivity contribution in [2.24, 2.45) is 5.92 Å². The van der Waals surface area contributed by atoms with Gasteiger partial charge < -0.3 is 10.2 Å². The lowest BCUT2D eigenvalue weighted by atomic mass is 10.0. The molecule has 1 aromatic rings. The van der Waals surface area contributed by atoms with Crippen LogP contribution >= 0.6 is 0 Å². The zero-order valence-electron chi connectivity index (χ0n) is 11.7. The summed E-state index contributed by atoms with van der Waals surface area (Å²) in [5.74, 6) is 0.434. The zero-order valence-corrected chi connectivity index (χ0v) is 11.7. The summed E-state index contributed by atoms with van der Waals surface area (Å²) >= 11 is 0. The van der Waals surface area contributed by atoms with Gasteiger partial charge in [-0.3, -0.25) is 9.59 Å². The van der Waals surface area contributed by atoms with Crippen molar-refractivity contribution < 1.29 is 9.59 Å². The Labute approximate surface area is 119 Å². The highest BCUT2D eigenvalue weighted by atomic mass is 16.2. The molecule has 1 aromatic carbocycles. The first-order valence-corrected chi connectivity index (χ1v) is 7.35. The molecule has 0 bridgehead atoms. The molecule has 2 aliphatic rings. The number of piperazine rings is 1. The highest BCUT2D eigenvalue weighted by molar-refractivity contribution is 5.97. The van der Waals surface area contributed by atoms with Crippen molar-refractivity contribution in [1.82, 2.24) is 10.2 Å². The first-order chi connectivity index (χ1) is 9.70. The molecule has 1 heterocycles. The van der Waals surface area contributed by atoms with Gasteiger partial charge in [-0.15, -0.1) is 0 Å². The fourth-order valence-electron chi connectivity index (χ4n) is 2.91. The predicted octanol–water partition coefficient (Wildman–Crippen LogP) is 1.70. The second-order valence-electron chi connectivity index (χ2n) is 5.70. The lowest BCUT2D eigenvalue weighted by Gasteiger charge is -2.39. The Morgan fingerprint density at radius 2 is 1.90 bits per heavy atom. The third-order valence-corrected chi connectivity index (χ3v) is 4.17. The Morgan fingerprint density at radius 3 is 2.50 bits per heavy atom. The van der Waals surface area contributed by atoms with E-state index in [0.29, 0.717) is 18.9 Å². The van der Waals surface area contributed by atoms with E-state index in [0.717, 1.165) is 18.4 Å². The molecule has 2 atom stereocenters. The molecule has 1 aliphatic carbocycles. The third-order valence-electron chi connectivity index (χ3n) is 4.17. The number of carbonyl (C=O) groups is 2. The van der Waals surface area contributed by atoms with Crippen LogP contribution in [0.4, 0.5) is 0 Å². The van der Waals surface area contributed by atoms with Crippen molar-refractivity contribution in [3.8, 4) is 0 Å². The second-order valence-corrected chi connectivity index (χ2v) is 5.70. The van der Waals surface area contributed by atoms with Crippen molar-refractivity contribution in [3.05, 3.63) is 35.9 Å². The molecule has 4 nitrogen and oxygen atoms in total. The summed E-state index contributed by atoms with van der Waals surface area (Å²) in [4.78, 5) is 26.6. The topological polar surface area (TPSA) is 49.4 Å². The van der Waals surface area contributed by atoms with E-state index in [1.165, 1.54) is 0 Å². The van der Waals surface area contributed by atoms with Gasteiger partial charge in [-0.1, -0.05) is 37.3 Å². The number of nitrogens with zero attached hydrogens (tertiary/aromatic N) is 1. The van der Waals surface area contributed by atoms with E-state index in [2.05, 4.69) is 5.32 Å². The zero-order chi connectivity index (χ0) is 14.1. The first-order valence-electron chi connectivity index (χ1n) is 7.35. The number of carbonyl (C=O) groups excluding carboxylic acids is 2. The van der Waals surface area contributed by atoms with Gasteiger partial charge in [-0.2, -0.15) is 0 Å². The monoisotopic (exact) mass is 272 g/mol. The van der Waals surface area contributed by atoms with Gasteiger partial charge >= 0.3 is 0 Å². The molecular formula is C16H20N2O2. The van der Waals surface area contributed by atoms with Crippen LogP contribution in [0.2, 0.25) is 0 Å². The molecule has 2 unspecified atom stereocenters. The molecule has 20 heavy (non-hydrogen) atoms. The van der Waals surface area contributed by atoms with Crippen LogP contribution in [-0.4, -0.2) is 28.8 Å². The fourth-order valence-corrected chi connectivity index (χ4v) is 2.91. The Balaban J connectivity index is 1.85. The number of hydrogen-bond donors (Lipinski definition) is 1. The lowest BCUT2D eigenvalue weighted by molar-refractivity contribution is -0.151. The van der Waals surface area contributed by atoms with Crippen molar-refractivity contribution in [3.63, 3.8) is 0 Å². The number of benzene rings is 1. The summed E-state index contributed by atoms with van der Waals surface area (Å²) in [5, 5.41) is 2.87. The SMILES string of the molecule is CCC1NC(=O)C(C2CC2)N(Cc2ccccc2)C1=O. The van der Waals surface area contributed by atoms with Crippen LogP contribution in [0.5, 0.6) is 0 Å². The van der Waals surface area contributed by atoms with Crippen LogP contribution in [0, 0.1) is 5.92 Å². The van der Waals surface area contributed by atoms with Gasteiger partial charge in [-0.05, 0) is 30.7 Å². The molecule has 0 aromatic heterocycles. The lowest BCUT2D eigenvalue weighted by Crippen LogP contribution is -2.63. The van der Waals surface area contributed by atoms with Gasteiger partial charge in [0.2, 0.25) is 11.8 Å². The number of nitrogens with one attached hydrogen (secondary N) is 1. The largest absolute Gasteiger partial charge is 0.343 e. The second kappa shape index (κ2) is 5.27. The summed E-state index contributed by atoms with van der Waals surface area (Å²) in [6, 6.07) is 9.27. The molecule has 106 valence electrons. The van der Waals surface area contributed by atoms with Gasteiger partial charge in [-0.25, -0.2) is 0 Å². The van der Waals surface area contributed by atoms with Crippen LogP contribution in [0.1, 0.15) is 31.7 Å². The molecule has 0 radical (unpaired) electrons. The normalized spacial score (nSPS) is 26.6. The van der Waals surface area contributed by atoms with Crippen LogP contribution in [0.3, 0.4) is 0 Å². The fraction of sp³-hybridized carbons (Fsp3) is 0.500. The Kier molecular flexibility index (Phi) is 3.47. The van der Waals surface area contributed by atoms with E-state index in [4.69, 9.17) is 0 Å². The number of rotatable bonds is 4. The van der Waals surface area contributed by atoms with Gasteiger partial charge in [0.1, 0.15) is 12.1 Å². The maximum absolute atomic E-state index is 12.6. The standard InChI is InChI=1S/C16H20N2O2/c1-2-13-16(20)18(10-11-6-4-3-5-7-11)14(12-8-9-12)15(19)17-13/h3-7,12-14H,2,8-10H2,1H3,(H,17,19). The number of hydrogen-bond acceptors (Lipinski definition) is 2. The molecule has 0 spiro atoms. The smallest absolute Gasteiger partial charge is 0.246 e. The Morgan fingerprint density at radius 1 is 1.20 bits per heavy atom. The van der Waals surface area contributed by atoms with E-state index >= 15 is 0 Å². The Bertz CT molecular complexity index is 510. The maximum atomic E-state index is 12.6. The summed E-state index contributed by atoms with van der Waals surface area (Å²) < 4.78 is 0. The minimum absolute atomic E-state index is 0.0230. The quantitative estimate of drug-likeness (QED) is 0.907. The molecule has 2 fully saturated rings. The molecule has 1 N–H and O–H groups in total. The van der Waals surface area contributed by atoms with E-state index in [1.54, 1.807) is 4.90 Å². The average Bonchev–Trinajstić information content (AvgIpc) is 3.28. The first kappa shape index (κ1) is 13.2. The van der Waals surface area contributed by atoms with Crippen LogP contribution in [0.15, 0.2) is 30.3 Å². The minimum atomic E-state index is -0.360. The van der Waals surface area contributed by atoms with Crippen molar-refractivity contribution in [2.45, 2.75) is 44.8 Å². The summed E-state index contributed by atoms with van der Waals surface area (Å²) in [6.45, 7) is 2.46. The highest BCUT2D eigenvalue weighted by Crippen LogP contribution is 2.37. The molecule has 1 saturated heterocycles. The van der Waals surface area contributed by atoms with Crippen LogP contribution < -0.4 is 5.32 Å². The predicted molar refractivity (Wildman–Crippen MR) is 75.7 cm³/mol. The van der Waals surface area contributed by atoms with Gasteiger partial charge in [0.05, 0.1) is 0 Å². The molecular weight excluding hydrogens is 252 g/mol. The van der Waals surface area contributed by atoms with E-state index in [1.807, 2.05) is 37.3 Å². The summed E-state index contributed by atoms with van der Waals surface area (Å²) in [7, 11) is 0. The van der Waals surface area contributed by atoms with E-state index in [9.17, 15) is 9.59 Å². The van der Waals surface area contributed by atoms with Crippen molar-refractivity contribution in [1.29, 1.82) is 0 Å². The average molecular weight is 272 g/mol. The summed E-state index contributed by atoms with van der Waals surface area (Å²) in [5.41, 5.74) is 1.08. The molecule has 4 heteroatoms. The van der Waals surface area contributed by atoms with Gasteiger partial charge in [0, 0.05) is 6.54 Å². The number of amides is 2. The van der Waals surface area contributed by atoms with Crippen LogP contribution in [-0.2, 0) is 16.1 Å². The third kappa shape index (κ3) is 2.42. The van der Waals surface area contributed by atoms with Crippen molar-refractivity contribution in [2.75, 3.05) is 0 Å². The van der Waals surface area contributed by atoms with E-state index in [-0.39, 0.29) is 23.9 Å².